The molecule has 31 heavy (non-hydrogen) atoms. The Morgan fingerprint density at radius 1 is 1.13 bits per heavy atom. The average Bonchev–Trinajstić information content (AvgIpc) is 3.72. The van der Waals surface area contributed by atoms with Crippen molar-refractivity contribution in [3.8, 4) is 22.8 Å². The Bertz CT molecular complexity index is 928. The predicted molar refractivity (Wildman–Crippen MR) is 119 cm³/mol. The SMILES string of the molecule is CCCN(c1ncc(C(=O)OC)c(-c2ccc(OC)cc2OC)n1)C(C1CC1)C1CC1. The monoisotopic (exact) mass is 425 g/mol. The second-order valence-electron chi connectivity index (χ2n) is 8.35. The van der Waals surface area contributed by atoms with Gasteiger partial charge in [-0.25, -0.2) is 14.8 Å². The first-order valence-electron chi connectivity index (χ1n) is 11.1. The van der Waals surface area contributed by atoms with Gasteiger partial charge in [-0.3, -0.25) is 0 Å². The molecule has 1 aromatic carbocycles. The number of hydrogen-bond acceptors (Lipinski definition) is 7. The van der Waals surface area contributed by atoms with Crippen molar-refractivity contribution in [1.29, 1.82) is 0 Å². The lowest BCUT2D eigenvalue weighted by atomic mass is 10.0. The fourth-order valence-corrected chi connectivity index (χ4v) is 4.36. The van der Waals surface area contributed by atoms with Crippen LogP contribution < -0.4 is 14.4 Å². The van der Waals surface area contributed by atoms with E-state index in [1.54, 1.807) is 26.5 Å². The second-order valence-corrected chi connectivity index (χ2v) is 8.35. The Morgan fingerprint density at radius 2 is 1.84 bits per heavy atom. The zero-order valence-corrected chi connectivity index (χ0v) is 18.8. The summed E-state index contributed by atoms with van der Waals surface area (Å²) in [4.78, 5) is 24.5. The predicted octanol–water partition coefficient (Wildman–Crippen LogP) is 4.35. The Kier molecular flexibility index (Phi) is 6.30. The average molecular weight is 426 g/mol. The van der Waals surface area contributed by atoms with Gasteiger partial charge in [-0.05, 0) is 56.1 Å². The number of benzene rings is 1. The van der Waals surface area contributed by atoms with Crippen LogP contribution in [0.15, 0.2) is 24.4 Å². The highest BCUT2D eigenvalue weighted by atomic mass is 16.5. The van der Waals surface area contributed by atoms with E-state index >= 15 is 0 Å². The van der Waals surface area contributed by atoms with Crippen LogP contribution in [0.25, 0.3) is 11.3 Å². The third-order valence-electron chi connectivity index (χ3n) is 6.14. The van der Waals surface area contributed by atoms with E-state index in [4.69, 9.17) is 19.2 Å². The molecule has 1 heterocycles. The highest BCUT2D eigenvalue weighted by Crippen LogP contribution is 2.48. The highest BCUT2D eigenvalue weighted by Gasteiger charge is 2.45. The molecule has 2 aliphatic carbocycles. The molecular formula is C24H31N3O4. The number of carbonyl (C=O) groups excluding carboxylic acids is 1. The lowest BCUT2D eigenvalue weighted by Gasteiger charge is -2.32. The summed E-state index contributed by atoms with van der Waals surface area (Å²) >= 11 is 0. The lowest BCUT2D eigenvalue weighted by molar-refractivity contribution is 0.0600. The summed E-state index contributed by atoms with van der Waals surface area (Å²) in [6.07, 6.45) is 7.72. The van der Waals surface area contributed by atoms with Crippen molar-refractivity contribution in [2.45, 2.75) is 45.1 Å². The quantitative estimate of drug-likeness (QED) is 0.524. The number of ether oxygens (including phenoxy) is 3. The Balaban J connectivity index is 1.81. The van der Waals surface area contributed by atoms with E-state index in [0.717, 1.165) is 24.8 Å². The first-order chi connectivity index (χ1) is 15.1. The topological polar surface area (TPSA) is 73.8 Å². The van der Waals surface area contributed by atoms with Crippen molar-refractivity contribution < 1.29 is 19.0 Å². The van der Waals surface area contributed by atoms with Crippen molar-refractivity contribution in [2.75, 3.05) is 32.8 Å². The standard InChI is InChI=1S/C24H31N3O4/c1-5-12-27(22(15-6-7-15)16-8-9-16)24-25-14-19(23(28)31-4)21(26-24)18-11-10-17(29-2)13-20(18)30-3/h10-11,13-16,22H,5-9,12H2,1-4H3. The minimum atomic E-state index is -0.470. The van der Waals surface area contributed by atoms with Gasteiger partial charge in [-0.1, -0.05) is 6.92 Å². The number of nitrogens with zero attached hydrogens (tertiary/aromatic N) is 3. The lowest BCUT2D eigenvalue weighted by Crippen LogP contribution is -2.40. The zero-order chi connectivity index (χ0) is 22.0. The van der Waals surface area contributed by atoms with E-state index in [1.807, 2.05) is 12.1 Å². The molecule has 0 radical (unpaired) electrons. The van der Waals surface area contributed by atoms with Crippen LogP contribution in [0.4, 0.5) is 5.95 Å². The van der Waals surface area contributed by atoms with E-state index in [2.05, 4.69) is 16.8 Å². The van der Waals surface area contributed by atoms with E-state index in [0.29, 0.717) is 40.3 Å². The summed E-state index contributed by atoms with van der Waals surface area (Å²) < 4.78 is 15.9. The molecule has 166 valence electrons. The van der Waals surface area contributed by atoms with E-state index in [1.165, 1.54) is 32.8 Å². The fraction of sp³-hybridized carbons (Fsp3) is 0.542. The fourth-order valence-electron chi connectivity index (χ4n) is 4.36. The third-order valence-corrected chi connectivity index (χ3v) is 6.14. The molecule has 0 atom stereocenters. The summed E-state index contributed by atoms with van der Waals surface area (Å²) in [6, 6.07) is 5.97. The molecule has 0 N–H and O–H groups in total. The molecule has 2 aromatic rings. The van der Waals surface area contributed by atoms with Crippen LogP contribution in [0.1, 0.15) is 49.4 Å². The molecule has 2 aliphatic rings. The second kappa shape index (κ2) is 9.12. The van der Waals surface area contributed by atoms with Crippen LogP contribution in [0, 0.1) is 11.8 Å². The molecule has 0 unspecified atom stereocenters. The molecule has 7 heteroatoms. The Morgan fingerprint density at radius 3 is 2.39 bits per heavy atom. The first kappa shape index (κ1) is 21.4. The molecule has 2 saturated carbocycles. The maximum atomic E-state index is 12.5. The van der Waals surface area contributed by atoms with Gasteiger partial charge < -0.3 is 19.1 Å². The number of rotatable bonds is 10. The van der Waals surface area contributed by atoms with Gasteiger partial charge in [-0.15, -0.1) is 0 Å². The highest BCUT2D eigenvalue weighted by molar-refractivity contribution is 5.96. The number of methoxy groups -OCH3 is 3. The van der Waals surface area contributed by atoms with Crippen LogP contribution in [0.5, 0.6) is 11.5 Å². The van der Waals surface area contributed by atoms with Crippen molar-refractivity contribution in [3.63, 3.8) is 0 Å². The number of hydrogen-bond donors (Lipinski definition) is 0. The smallest absolute Gasteiger partial charge is 0.341 e. The summed E-state index contributed by atoms with van der Waals surface area (Å²) in [7, 11) is 4.57. The summed E-state index contributed by atoms with van der Waals surface area (Å²) in [5.41, 5.74) is 1.54. The maximum Gasteiger partial charge on any atom is 0.341 e. The third kappa shape index (κ3) is 4.45. The molecule has 7 nitrogen and oxygen atoms in total. The van der Waals surface area contributed by atoms with Crippen molar-refractivity contribution in [1.82, 2.24) is 9.97 Å². The minimum absolute atomic E-state index is 0.320. The van der Waals surface area contributed by atoms with E-state index < -0.39 is 5.97 Å². The van der Waals surface area contributed by atoms with Crippen molar-refractivity contribution in [3.05, 3.63) is 30.0 Å². The van der Waals surface area contributed by atoms with Crippen LogP contribution in [-0.2, 0) is 4.74 Å². The summed E-state index contributed by atoms with van der Waals surface area (Å²) in [5, 5.41) is 0. The molecule has 2 fully saturated rings. The van der Waals surface area contributed by atoms with Crippen LogP contribution in [-0.4, -0.2) is 49.9 Å². The number of esters is 1. The van der Waals surface area contributed by atoms with Crippen LogP contribution in [0.3, 0.4) is 0 Å². The number of carbonyl (C=O) groups is 1. The minimum Gasteiger partial charge on any atom is -0.497 e. The van der Waals surface area contributed by atoms with E-state index in [-0.39, 0.29) is 0 Å². The van der Waals surface area contributed by atoms with Gasteiger partial charge >= 0.3 is 5.97 Å². The molecule has 4 rings (SSSR count). The van der Waals surface area contributed by atoms with Gasteiger partial charge in [0.2, 0.25) is 5.95 Å². The molecule has 0 spiro atoms. The Labute approximate surface area is 183 Å². The van der Waals surface area contributed by atoms with Gasteiger partial charge in [-0.2, -0.15) is 0 Å². The van der Waals surface area contributed by atoms with Crippen LogP contribution >= 0.6 is 0 Å². The van der Waals surface area contributed by atoms with Crippen molar-refractivity contribution in [2.24, 2.45) is 11.8 Å². The molecule has 0 saturated heterocycles. The molecule has 0 aliphatic heterocycles. The largest absolute Gasteiger partial charge is 0.497 e. The molecule has 1 aromatic heterocycles. The number of anilines is 1. The van der Waals surface area contributed by atoms with Gasteiger partial charge in [0.05, 0.1) is 27.0 Å². The van der Waals surface area contributed by atoms with Gasteiger partial charge in [0.25, 0.3) is 0 Å². The van der Waals surface area contributed by atoms with Gasteiger partial charge in [0, 0.05) is 30.4 Å². The number of aromatic nitrogens is 2. The summed E-state index contributed by atoms with van der Waals surface area (Å²) in [5.74, 6) is 2.90. The summed E-state index contributed by atoms with van der Waals surface area (Å²) in [6.45, 7) is 3.08. The molecule has 0 amide bonds. The molecule has 0 bridgehead atoms. The van der Waals surface area contributed by atoms with Crippen molar-refractivity contribution >= 4 is 11.9 Å². The zero-order valence-electron chi connectivity index (χ0n) is 18.8. The van der Waals surface area contributed by atoms with E-state index in [9.17, 15) is 4.79 Å². The Hall–Kier alpha value is -2.83. The maximum absolute atomic E-state index is 12.5. The van der Waals surface area contributed by atoms with Crippen LogP contribution in [0.2, 0.25) is 0 Å². The van der Waals surface area contributed by atoms with Gasteiger partial charge in [0.15, 0.2) is 0 Å². The van der Waals surface area contributed by atoms with Gasteiger partial charge in [0.1, 0.15) is 17.1 Å². The first-order valence-corrected chi connectivity index (χ1v) is 11.1. The normalized spacial score (nSPS) is 15.6. The molecular weight excluding hydrogens is 394 g/mol.